The van der Waals surface area contributed by atoms with Gasteiger partial charge in [0, 0.05) is 18.7 Å². The fourth-order valence-corrected chi connectivity index (χ4v) is 2.03. The van der Waals surface area contributed by atoms with Gasteiger partial charge in [0.15, 0.2) is 5.96 Å². The highest BCUT2D eigenvalue weighted by atomic mass is 127. The lowest BCUT2D eigenvalue weighted by molar-refractivity contribution is -0.137. The Bertz CT molecular complexity index is 766. The number of carbonyl (C=O) groups excluding carboxylic acids is 1. The molecule has 0 spiro atoms. The van der Waals surface area contributed by atoms with Crippen LogP contribution >= 0.6 is 24.0 Å². The van der Waals surface area contributed by atoms with Gasteiger partial charge in [-0.15, -0.1) is 24.0 Å². The second-order valence-corrected chi connectivity index (χ2v) is 6.92. The van der Waals surface area contributed by atoms with E-state index in [0.717, 1.165) is 12.1 Å². The van der Waals surface area contributed by atoms with Crippen LogP contribution in [0.5, 0.6) is 0 Å². The lowest BCUT2D eigenvalue weighted by Crippen LogP contribution is -2.38. The minimum Gasteiger partial charge on any atom is -0.444 e. The Kier molecular flexibility index (Phi) is 12.3. The molecule has 30 heavy (non-hydrogen) atoms. The van der Waals surface area contributed by atoms with Gasteiger partial charge in [-0.25, -0.2) is 4.79 Å². The number of alkyl carbamates (subject to hydrolysis) is 1. The maximum absolute atomic E-state index is 12.7. The van der Waals surface area contributed by atoms with Crippen LogP contribution in [0.1, 0.15) is 38.8 Å². The Morgan fingerprint density at radius 3 is 2.47 bits per heavy atom. The molecule has 3 N–H and O–H groups in total. The number of halogens is 4. The molecule has 1 aromatic rings. The standard InChI is InChI=1S/C20H27F3N4O2.HI/c1-5-24-17(26-12-13-27-18(28)29-19(2,3)4)25-11-7-9-15-8-6-10-16(14-15)20(21,22)23;/h6,8,10,14H,5,11-13H2,1-4H3,(H,27,28)(H2,24,25,26);1H. The molecule has 0 heterocycles. The van der Waals surface area contributed by atoms with Crippen LogP contribution in [0.4, 0.5) is 18.0 Å². The van der Waals surface area contributed by atoms with E-state index in [1.165, 1.54) is 12.1 Å². The van der Waals surface area contributed by atoms with Crippen LogP contribution in [0.2, 0.25) is 0 Å². The topological polar surface area (TPSA) is 74.8 Å². The maximum Gasteiger partial charge on any atom is 0.416 e. The van der Waals surface area contributed by atoms with Gasteiger partial charge < -0.3 is 20.7 Å². The van der Waals surface area contributed by atoms with Crippen molar-refractivity contribution in [1.29, 1.82) is 0 Å². The van der Waals surface area contributed by atoms with Gasteiger partial charge in [0.05, 0.1) is 18.7 Å². The Hall–Kier alpha value is -2.16. The molecule has 1 rings (SSSR count). The maximum atomic E-state index is 12.7. The SMILES string of the molecule is CCNC(=NCCNC(=O)OC(C)(C)C)NCC#Cc1cccc(C(F)(F)F)c1.I. The third-order valence-corrected chi connectivity index (χ3v) is 3.16. The number of carbonyl (C=O) groups is 1. The molecule has 0 saturated heterocycles. The van der Waals surface area contributed by atoms with Crippen LogP contribution in [0, 0.1) is 11.8 Å². The largest absolute Gasteiger partial charge is 0.444 e. The van der Waals surface area contributed by atoms with Crippen molar-refractivity contribution in [3.05, 3.63) is 35.4 Å². The number of hydrogen-bond donors (Lipinski definition) is 3. The summed E-state index contributed by atoms with van der Waals surface area (Å²) in [7, 11) is 0. The van der Waals surface area contributed by atoms with E-state index >= 15 is 0 Å². The van der Waals surface area contributed by atoms with Crippen molar-refractivity contribution >= 4 is 36.0 Å². The van der Waals surface area contributed by atoms with Crippen molar-refractivity contribution in [3.8, 4) is 11.8 Å². The van der Waals surface area contributed by atoms with Crippen LogP contribution in [0.3, 0.4) is 0 Å². The van der Waals surface area contributed by atoms with Crippen molar-refractivity contribution in [2.24, 2.45) is 4.99 Å². The molecule has 0 aliphatic heterocycles. The fourth-order valence-electron chi connectivity index (χ4n) is 2.03. The average Bonchev–Trinajstić information content (AvgIpc) is 2.60. The molecule has 0 saturated carbocycles. The summed E-state index contributed by atoms with van der Waals surface area (Å²) in [5.74, 6) is 5.94. The lowest BCUT2D eigenvalue weighted by atomic mass is 10.1. The zero-order valence-electron chi connectivity index (χ0n) is 17.4. The third-order valence-electron chi connectivity index (χ3n) is 3.16. The molecular weight excluding hydrogens is 512 g/mol. The minimum atomic E-state index is -4.39. The van der Waals surface area contributed by atoms with Gasteiger partial charge in [0.1, 0.15) is 5.60 Å². The number of hydrogen-bond acceptors (Lipinski definition) is 3. The van der Waals surface area contributed by atoms with Crippen molar-refractivity contribution < 1.29 is 22.7 Å². The minimum absolute atomic E-state index is 0. The third kappa shape index (κ3) is 12.4. The molecule has 10 heteroatoms. The van der Waals surface area contributed by atoms with Gasteiger partial charge in [-0.05, 0) is 45.9 Å². The first kappa shape index (κ1) is 27.8. The summed E-state index contributed by atoms with van der Waals surface area (Å²) in [4.78, 5) is 15.8. The summed E-state index contributed by atoms with van der Waals surface area (Å²) in [6, 6.07) is 4.85. The molecule has 6 nitrogen and oxygen atoms in total. The van der Waals surface area contributed by atoms with Gasteiger partial charge >= 0.3 is 12.3 Å². The van der Waals surface area contributed by atoms with Crippen molar-refractivity contribution in [2.75, 3.05) is 26.2 Å². The zero-order chi connectivity index (χ0) is 21.9. The molecule has 0 atom stereocenters. The molecule has 0 fully saturated rings. The summed E-state index contributed by atoms with van der Waals surface area (Å²) in [6.07, 6.45) is -4.91. The van der Waals surface area contributed by atoms with E-state index in [1.807, 2.05) is 6.92 Å². The Morgan fingerprint density at radius 1 is 1.17 bits per heavy atom. The van der Waals surface area contributed by atoms with E-state index < -0.39 is 23.4 Å². The number of aliphatic imine (C=N–C) groups is 1. The zero-order valence-corrected chi connectivity index (χ0v) is 19.8. The Balaban J connectivity index is 0.00000841. The molecule has 1 amide bonds. The van der Waals surface area contributed by atoms with Gasteiger partial charge in [-0.3, -0.25) is 4.99 Å². The quantitative estimate of drug-likeness (QED) is 0.175. The fraction of sp³-hybridized carbons (Fsp3) is 0.500. The van der Waals surface area contributed by atoms with Crippen LogP contribution in [0.15, 0.2) is 29.3 Å². The summed E-state index contributed by atoms with van der Waals surface area (Å²) in [6.45, 7) is 8.64. The first-order valence-corrected chi connectivity index (χ1v) is 9.16. The molecule has 0 bridgehead atoms. The predicted molar refractivity (Wildman–Crippen MR) is 122 cm³/mol. The normalized spacial score (nSPS) is 11.5. The first-order valence-electron chi connectivity index (χ1n) is 9.16. The first-order chi connectivity index (χ1) is 13.5. The second kappa shape index (κ2) is 13.2. The number of amides is 1. The smallest absolute Gasteiger partial charge is 0.416 e. The molecule has 0 aliphatic carbocycles. The highest BCUT2D eigenvalue weighted by Crippen LogP contribution is 2.29. The van der Waals surface area contributed by atoms with E-state index in [4.69, 9.17) is 4.74 Å². The van der Waals surface area contributed by atoms with E-state index in [1.54, 1.807) is 20.8 Å². The van der Waals surface area contributed by atoms with Gasteiger partial charge in [-0.1, -0.05) is 17.9 Å². The van der Waals surface area contributed by atoms with Crippen LogP contribution in [-0.4, -0.2) is 43.8 Å². The van der Waals surface area contributed by atoms with Crippen LogP contribution in [0.25, 0.3) is 0 Å². The monoisotopic (exact) mass is 540 g/mol. The van der Waals surface area contributed by atoms with Crippen molar-refractivity contribution in [2.45, 2.75) is 39.5 Å². The van der Waals surface area contributed by atoms with E-state index in [2.05, 4.69) is 32.8 Å². The second-order valence-electron chi connectivity index (χ2n) is 6.92. The van der Waals surface area contributed by atoms with Gasteiger partial charge in [-0.2, -0.15) is 13.2 Å². The van der Waals surface area contributed by atoms with Crippen LogP contribution < -0.4 is 16.0 Å². The van der Waals surface area contributed by atoms with E-state index in [-0.39, 0.29) is 36.1 Å². The molecule has 0 aliphatic rings. The number of guanidine groups is 1. The highest BCUT2D eigenvalue weighted by molar-refractivity contribution is 14.0. The number of nitrogens with one attached hydrogen (secondary N) is 3. The van der Waals surface area contributed by atoms with Crippen molar-refractivity contribution in [1.82, 2.24) is 16.0 Å². The molecule has 0 radical (unpaired) electrons. The molecular formula is C20H28F3IN4O2. The average molecular weight is 540 g/mol. The number of rotatable bonds is 5. The van der Waals surface area contributed by atoms with Crippen LogP contribution in [-0.2, 0) is 10.9 Å². The molecule has 1 aromatic carbocycles. The number of ether oxygens (including phenoxy) is 1. The van der Waals surface area contributed by atoms with E-state index in [0.29, 0.717) is 25.6 Å². The number of alkyl halides is 3. The number of benzene rings is 1. The molecule has 0 aromatic heterocycles. The lowest BCUT2D eigenvalue weighted by Gasteiger charge is -2.19. The molecule has 168 valence electrons. The summed E-state index contributed by atoms with van der Waals surface area (Å²) in [5, 5.41) is 8.58. The highest BCUT2D eigenvalue weighted by Gasteiger charge is 2.30. The van der Waals surface area contributed by atoms with Gasteiger partial charge in [0.25, 0.3) is 0 Å². The summed E-state index contributed by atoms with van der Waals surface area (Å²) in [5.41, 5.74) is -1.02. The summed E-state index contributed by atoms with van der Waals surface area (Å²) < 4.78 is 43.2. The Morgan fingerprint density at radius 2 is 1.87 bits per heavy atom. The van der Waals surface area contributed by atoms with E-state index in [9.17, 15) is 18.0 Å². The predicted octanol–water partition coefficient (Wildman–Crippen LogP) is 3.75. The van der Waals surface area contributed by atoms with Gasteiger partial charge in [0.2, 0.25) is 0 Å². The van der Waals surface area contributed by atoms with Crippen molar-refractivity contribution in [3.63, 3.8) is 0 Å². The molecule has 0 unspecified atom stereocenters. The summed E-state index contributed by atoms with van der Waals surface area (Å²) >= 11 is 0. The Labute approximate surface area is 192 Å². The number of nitrogens with zero attached hydrogens (tertiary/aromatic N) is 1.